The zero-order valence-corrected chi connectivity index (χ0v) is 12.8. The van der Waals surface area contributed by atoms with Crippen molar-refractivity contribution in [1.29, 1.82) is 0 Å². The van der Waals surface area contributed by atoms with Gasteiger partial charge in [-0.15, -0.1) is 0 Å². The number of ether oxygens (including phenoxy) is 1. The second-order valence-corrected chi connectivity index (χ2v) is 5.48. The minimum Gasteiger partial charge on any atom is -0.497 e. The number of amides is 2. The Hall–Kier alpha value is -2.30. The van der Waals surface area contributed by atoms with Crippen molar-refractivity contribution in [3.05, 3.63) is 35.9 Å². The molecule has 0 unspecified atom stereocenters. The average molecular weight is 302 g/mol. The van der Waals surface area contributed by atoms with Gasteiger partial charge in [-0.1, -0.05) is 25.0 Å². The number of carbonyl (C=O) groups excluding carboxylic acids is 2. The molecule has 1 aliphatic carbocycles. The second kappa shape index (κ2) is 7.64. The van der Waals surface area contributed by atoms with Crippen LogP contribution in [0.5, 0.6) is 5.75 Å². The van der Waals surface area contributed by atoms with Crippen LogP contribution in [0, 0.1) is 0 Å². The summed E-state index contributed by atoms with van der Waals surface area (Å²) >= 11 is 0. The van der Waals surface area contributed by atoms with E-state index in [0.717, 1.165) is 37.0 Å². The lowest BCUT2D eigenvalue weighted by Crippen LogP contribution is -2.43. The Morgan fingerprint density at radius 1 is 1.27 bits per heavy atom. The van der Waals surface area contributed by atoms with Crippen molar-refractivity contribution in [2.24, 2.45) is 5.73 Å². The van der Waals surface area contributed by atoms with E-state index >= 15 is 0 Å². The number of nitrogens with two attached hydrogens (primary N) is 1. The number of hydrogen-bond donors (Lipinski definition) is 1. The maximum absolute atomic E-state index is 12.4. The minimum absolute atomic E-state index is 0.0174. The van der Waals surface area contributed by atoms with E-state index in [2.05, 4.69) is 0 Å². The highest BCUT2D eigenvalue weighted by molar-refractivity contribution is 5.94. The van der Waals surface area contributed by atoms with Crippen LogP contribution in [0.3, 0.4) is 0 Å². The highest BCUT2D eigenvalue weighted by atomic mass is 16.5. The minimum atomic E-state index is -0.474. The van der Waals surface area contributed by atoms with Crippen LogP contribution in [0.1, 0.15) is 31.2 Å². The molecule has 2 N–H and O–H groups in total. The number of carbonyl (C=O) groups is 2. The van der Waals surface area contributed by atoms with Crippen molar-refractivity contribution in [2.75, 3.05) is 13.7 Å². The SMILES string of the molecule is COc1ccc(/C=C\C(=O)N(CC(N)=O)C2CCCC2)cc1. The zero-order valence-electron chi connectivity index (χ0n) is 12.8. The molecule has 1 saturated carbocycles. The number of methoxy groups -OCH3 is 1. The third-order valence-electron chi connectivity index (χ3n) is 3.91. The molecule has 5 nitrogen and oxygen atoms in total. The van der Waals surface area contributed by atoms with Crippen molar-refractivity contribution < 1.29 is 14.3 Å². The number of benzene rings is 1. The van der Waals surface area contributed by atoms with E-state index in [1.165, 1.54) is 6.08 Å². The van der Waals surface area contributed by atoms with Gasteiger partial charge in [0.05, 0.1) is 13.7 Å². The second-order valence-electron chi connectivity index (χ2n) is 5.48. The van der Waals surface area contributed by atoms with Crippen LogP contribution in [0.4, 0.5) is 0 Å². The maximum atomic E-state index is 12.4. The molecule has 1 fully saturated rings. The fourth-order valence-electron chi connectivity index (χ4n) is 2.75. The van der Waals surface area contributed by atoms with Gasteiger partial charge in [0.25, 0.3) is 0 Å². The molecule has 0 atom stereocenters. The number of primary amides is 1. The molecule has 1 aromatic rings. The summed E-state index contributed by atoms with van der Waals surface area (Å²) in [7, 11) is 1.61. The Kier molecular flexibility index (Phi) is 5.58. The first-order chi connectivity index (χ1) is 10.6. The summed E-state index contributed by atoms with van der Waals surface area (Å²) in [6.45, 7) is -0.0174. The molecule has 0 radical (unpaired) electrons. The lowest BCUT2D eigenvalue weighted by atomic mass is 10.1. The lowest BCUT2D eigenvalue weighted by molar-refractivity contribution is -0.133. The predicted molar refractivity (Wildman–Crippen MR) is 85.2 cm³/mol. The quantitative estimate of drug-likeness (QED) is 0.816. The van der Waals surface area contributed by atoms with Crippen LogP contribution in [-0.2, 0) is 9.59 Å². The molecular formula is C17H22N2O3. The summed E-state index contributed by atoms with van der Waals surface area (Å²) in [6, 6.07) is 7.54. The van der Waals surface area contributed by atoms with Crippen molar-refractivity contribution in [3.63, 3.8) is 0 Å². The number of nitrogens with zero attached hydrogens (tertiary/aromatic N) is 1. The topological polar surface area (TPSA) is 72.6 Å². The molecule has 1 aromatic carbocycles. The summed E-state index contributed by atoms with van der Waals surface area (Å²) in [4.78, 5) is 25.2. The van der Waals surface area contributed by atoms with Gasteiger partial charge in [-0.05, 0) is 36.6 Å². The van der Waals surface area contributed by atoms with Gasteiger partial charge in [0.1, 0.15) is 5.75 Å². The molecule has 5 heteroatoms. The molecule has 0 bridgehead atoms. The highest BCUT2D eigenvalue weighted by Crippen LogP contribution is 2.23. The van der Waals surface area contributed by atoms with E-state index in [4.69, 9.17) is 10.5 Å². The summed E-state index contributed by atoms with van der Waals surface area (Å²) in [5.74, 6) is 0.129. The van der Waals surface area contributed by atoms with Gasteiger partial charge in [-0.3, -0.25) is 9.59 Å². The van der Waals surface area contributed by atoms with Crippen LogP contribution in [0.2, 0.25) is 0 Å². The summed E-state index contributed by atoms with van der Waals surface area (Å²) in [5, 5.41) is 0. The van der Waals surface area contributed by atoms with E-state index in [1.807, 2.05) is 24.3 Å². The molecule has 2 amide bonds. The molecule has 0 spiro atoms. The van der Waals surface area contributed by atoms with Crippen LogP contribution >= 0.6 is 0 Å². The van der Waals surface area contributed by atoms with Crippen LogP contribution in [0.15, 0.2) is 30.3 Å². The van der Waals surface area contributed by atoms with Gasteiger partial charge in [0.2, 0.25) is 11.8 Å². The van der Waals surface area contributed by atoms with Gasteiger partial charge < -0.3 is 15.4 Å². The molecule has 0 aromatic heterocycles. The highest BCUT2D eigenvalue weighted by Gasteiger charge is 2.26. The maximum Gasteiger partial charge on any atom is 0.247 e. The molecule has 2 rings (SSSR count). The fourth-order valence-corrected chi connectivity index (χ4v) is 2.75. The molecule has 0 heterocycles. The third-order valence-corrected chi connectivity index (χ3v) is 3.91. The van der Waals surface area contributed by atoms with Crippen molar-refractivity contribution in [1.82, 2.24) is 4.90 Å². The first kappa shape index (κ1) is 16.1. The zero-order chi connectivity index (χ0) is 15.9. The molecular weight excluding hydrogens is 280 g/mol. The van der Waals surface area contributed by atoms with E-state index in [-0.39, 0.29) is 18.5 Å². The number of rotatable bonds is 6. The molecule has 22 heavy (non-hydrogen) atoms. The Morgan fingerprint density at radius 2 is 1.91 bits per heavy atom. The monoisotopic (exact) mass is 302 g/mol. The lowest BCUT2D eigenvalue weighted by Gasteiger charge is -2.26. The molecule has 0 aliphatic heterocycles. The first-order valence-corrected chi connectivity index (χ1v) is 7.51. The van der Waals surface area contributed by atoms with Gasteiger partial charge in [-0.25, -0.2) is 0 Å². The summed E-state index contributed by atoms with van der Waals surface area (Å²) in [6.07, 6.45) is 7.31. The van der Waals surface area contributed by atoms with E-state index in [9.17, 15) is 9.59 Å². The Bertz CT molecular complexity index is 546. The van der Waals surface area contributed by atoms with E-state index in [1.54, 1.807) is 18.1 Å². The van der Waals surface area contributed by atoms with Crippen molar-refractivity contribution in [3.8, 4) is 5.75 Å². The largest absolute Gasteiger partial charge is 0.497 e. The van der Waals surface area contributed by atoms with Gasteiger partial charge >= 0.3 is 0 Å². The summed E-state index contributed by atoms with van der Waals surface area (Å²) in [5.41, 5.74) is 6.17. The summed E-state index contributed by atoms with van der Waals surface area (Å²) < 4.78 is 5.09. The average Bonchev–Trinajstić information content (AvgIpc) is 3.04. The van der Waals surface area contributed by atoms with Gasteiger partial charge in [0, 0.05) is 12.1 Å². The number of hydrogen-bond acceptors (Lipinski definition) is 3. The Morgan fingerprint density at radius 3 is 2.45 bits per heavy atom. The fraction of sp³-hybridized carbons (Fsp3) is 0.412. The van der Waals surface area contributed by atoms with Crippen molar-refractivity contribution in [2.45, 2.75) is 31.7 Å². The van der Waals surface area contributed by atoms with Crippen LogP contribution < -0.4 is 10.5 Å². The van der Waals surface area contributed by atoms with E-state index in [0.29, 0.717) is 0 Å². The standard InChI is InChI=1S/C17H22N2O3/c1-22-15-9-6-13(7-10-15)8-11-17(21)19(12-16(18)20)14-4-2-3-5-14/h6-11,14H,2-5,12H2,1H3,(H2,18,20)/b11-8-. The van der Waals surface area contributed by atoms with Crippen LogP contribution in [-0.4, -0.2) is 36.4 Å². The van der Waals surface area contributed by atoms with Crippen molar-refractivity contribution >= 4 is 17.9 Å². The van der Waals surface area contributed by atoms with Crippen LogP contribution in [0.25, 0.3) is 6.08 Å². The van der Waals surface area contributed by atoms with Gasteiger partial charge in [0.15, 0.2) is 0 Å². The Balaban J connectivity index is 2.05. The predicted octanol–water partition coefficient (Wildman–Crippen LogP) is 1.96. The first-order valence-electron chi connectivity index (χ1n) is 7.51. The Labute approximate surface area is 130 Å². The molecule has 118 valence electrons. The normalized spacial score (nSPS) is 15.1. The van der Waals surface area contributed by atoms with Gasteiger partial charge in [-0.2, -0.15) is 0 Å². The van der Waals surface area contributed by atoms with E-state index < -0.39 is 5.91 Å². The third kappa shape index (κ3) is 4.35. The smallest absolute Gasteiger partial charge is 0.247 e. The molecule has 0 saturated heterocycles. The molecule has 1 aliphatic rings.